The lowest BCUT2D eigenvalue weighted by molar-refractivity contribution is -0.0942. The third-order valence-corrected chi connectivity index (χ3v) is 2.48. The summed E-state index contributed by atoms with van der Waals surface area (Å²) in [6, 6.07) is 0. The fraction of sp³-hybridized carbons (Fsp3) is 0.909. The molecule has 4 nitrogen and oxygen atoms in total. The number of rotatable bonds is 4. The Morgan fingerprint density at radius 3 is 2.60 bits per heavy atom. The van der Waals surface area contributed by atoms with Crippen molar-refractivity contribution in [2.45, 2.75) is 39.2 Å². The number of hydrogen-bond donors (Lipinski definition) is 1. The Hall–Kier alpha value is -0.770. The minimum Gasteiger partial charge on any atom is -0.449 e. The average Bonchev–Trinajstić information content (AvgIpc) is 2.10. The predicted octanol–water partition coefficient (Wildman–Crippen LogP) is 1.63. The highest BCUT2D eigenvalue weighted by atomic mass is 16.6. The van der Waals surface area contributed by atoms with Gasteiger partial charge in [-0.2, -0.15) is 0 Å². The summed E-state index contributed by atoms with van der Waals surface area (Å²) in [6.45, 7) is 7.29. The Labute approximate surface area is 91.2 Å². The Morgan fingerprint density at radius 2 is 2.13 bits per heavy atom. The number of ether oxygens (including phenoxy) is 1. The molecule has 1 heterocycles. The van der Waals surface area contributed by atoms with Gasteiger partial charge in [0.25, 0.3) is 0 Å². The predicted molar refractivity (Wildman–Crippen MR) is 57.6 cm³/mol. The maximum Gasteiger partial charge on any atom is 0.409 e. The number of β-amino-alcohol motifs (C(OH)–C–C–N with tert-alkyl or cyclic N) is 1. The number of hydrogen-bond acceptors (Lipinski definition) is 3. The summed E-state index contributed by atoms with van der Waals surface area (Å²) < 4.78 is 5.05. The highest BCUT2D eigenvalue weighted by Crippen LogP contribution is 2.26. The SMILES string of the molecule is CCCC1(O)CN(C(=O)OCC(C)C)C1. The standard InChI is InChI=1S/C11H21NO3/c1-4-5-11(14)7-12(8-11)10(13)15-6-9(2)3/h9,14H,4-8H2,1-3H3. The van der Waals surface area contributed by atoms with Crippen LogP contribution < -0.4 is 0 Å². The van der Waals surface area contributed by atoms with E-state index in [0.29, 0.717) is 25.6 Å². The molecule has 1 saturated heterocycles. The Kier molecular flexibility index (Phi) is 3.97. The first-order valence-electron chi connectivity index (χ1n) is 5.61. The number of carbonyl (C=O) groups excluding carboxylic acids is 1. The van der Waals surface area contributed by atoms with Crippen molar-refractivity contribution in [1.29, 1.82) is 0 Å². The number of likely N-dealkylation sites (tertiary alicyclic amines) is 1. The maximum absolute atomic E-state index is 11.4. The van der Waals surface area contributed by atoms with Crippen LogP contribution in [0.15, 0.2) is 0 Å². The summed E-state index contributed by atoms with van der Waals surface area (Å²) >= 11 is 0. The van der Waals surface area contributed by atoms with E-state index in [-0.39, 0.29) is 6.09 Å². The molecule has 0 aromatic carbocycles. The van der Waals surface area contributed by atoms with E-state index in [1.807, 2.05) is 20.8 Å². The lowest BCUT2D eigenvalue weighted by Gasteiger charge is -2.45. The topological polar surface area (TPSA) is 49.8 Å². The summed E-state index contributed by atoms with van der Waals surface area (Å²) in [5, 5.41) is 9.86. The van der Waals surface area contributed by atoms with Gasteiger partial charge in [0.2, 0.25) is 0 Å². The van der Waals surface area contributed by atoms with E-state index in [1.165, 1.54) is 0 Å². The molecule has 0 saturated carbocycles. The van der Waals surface area contributed by atoms with Crippen LogP contribution >= 0.6 is 0 Å². The molecule has 1 fully saturated rings. The Morgan fingerprint density at radius 1 is 1.53 bits per heavy atom. The van der Waals surface area contributed by atoms with Gasteiger partial charge in [0.1, 0.15) is 0 Å². The van der Waals surface area contributed by atoms with E-state index in [4.69, 9.17) is 4.74 Å². The molecule has 1 aliphatic rings. The number of nitrogens with zero attached hydrogens (tertiary/aromatic N) is 1. The van der Waals surface area contributed by atoms with Crippen LogP contribution in [0.1, 0.15) is 33.6 Å². The van der Waals surface area contributed by atoms with Crippen molar-refractivity contribution in [2.24, 2.45) is 5.92 Å². The monoisotopic (exact) mass is 215 g/mol. The first-order valence-corrected chi connectivity index (χ1v) is 5.61. The van der Waals surface area contributed by atoms with E-state index < -0.39 is 5.60 Å². The molecule has 0 bridgehead atoms. The van der Waals surface area contributed by atoms with Gasteiger partial charge in [-0.1, -0.05) is 27.2 Å². The van der Waals surface area contributed by atoms with Gasteiger partial charge in [0, 0.05) is 0 Å². The minimum absolute atomic E-state index is 0.301. The van der Waals surface area contributed by atoms with Crippen LogP contribution in [0.4, 0.5) is 4.79 Å². The molecular weight excluding hydrogens is 194 g/mol. The van der Waals surface area contributed by atoms with Crippen LogP contribution in [0.3, 0.4) is 0 Å². The van der Waals surface area contributed by atoms with Gasteiger partial charge in [-0.15, -0.1) is 0 Å². The second kappa shape index (κ2) is 4.84. The molecule has 0 atom stereocenters. The average molecular weight is 215 g/mol. The zero-order valence-corrected chi connectivity index (χ0v) is 9.82. The lowest BCUT2D eigenvalue weighted by Crippen LogP contribution is -2.63. The Bertz CT molecular complexity index is 222. The molecule has 0 aromatic rings. The van der Waals surface area contributed by atoms with Crippen molar-refractivity contribution >= 4 is 6.09 Å². The van der Waals surface area contributed by atoms with Crippen molar-refractivity contribution in [2.75, 3.05) is 19.7 Å². The van der Waals surface area contributed by atoms with Crippen LogP contribution in [-0.4, -0.2) is 41.4 Å². The van der Waals surface area contributed by atoms with E-state index in [1.54, 1.807) is 4.90 Å². The van der Waals surface area contributed by atoms with Crippen LogP contribution in [0.25, 0.3) is 0 Å². The normalized spacial score (nSPS) is 18.9. The minimum atomic E-state index is -0.661. The number of carbonyl (C=O) groups is 1. The molecule has 0 aliphatic carbocycles. The zero-order chi connectivity index (χ0) is 11.5. The van der Waals surface area contributed by atoms with Gasteiger partial charge >= 0.3 is 6.09 Å². The summed E-state index contributed by atoms with van der Waals surface area (Å²) in [5.74, 6) is 0.352. The fourth-order valence-electron chi connectivity index (χ4n) is 1.75. The summed E-state index contributed by atoms with van der Waals surface area (Å²) in [6.07, 6.45) is 1.39. The Balaban J connectivity index is 2.23. The first kappa shape index (κ1) is 12.3. The lowest BCUT2D eigenvalue weighted by atomic mass is 9.90. The summed E-state index contributed by atoms with van der Waals surface area (Å²) in [4.78, 5) is 13.0. The molecule has 1 amide bonds. The van der Waals surface area contributed by atoms with Crippen LogP contribution in [0.5, 0.6) is 0 Å². The van der Waals surface area contributed by atoms with E-state index >= 15 is 0 Å². The molecule has 15 heavy (non-hydrogen) atoms. The smallest absolute Gasteiger partial charge is 0.409 e. The van der Waals surface area contributed by atoms with Crippen molar-refractivity contribution in [1.82, 2.24) is 4.90 Å². The van der Waals surface area contributed by atoms with Crippen LogP contribution in [-0.2, 0) is 4.74 Å². The summed E-state index contributed by atoms with van der Waals surface area (Å²) in [7, 11) is 0. The van der Waals surface area contributed by atoms with Crippen LogP contribution in [0, 0.1) is 5.92 Å². The van der Waals surface area contributed by atoms with Crippen molar-refractivity contribution < 1.29 is 14.6 Å². The molecule has 1 aliphatic heterocycles. The van der Waals surface area contributed by atoms with Gasteiger partial charge in [-0.3, -0.25) is 0 Å². The third-order valence-electron chi connectivity index (χ3n) is 2.48. The quantitative estimate of drug-likeness (QED) is 0.775. The largest absolute Gasteiger partial charge is 0.449 e. The molecule has 0 unspecified atom stereocenters. The number of amides is 1. The second-order valence-corrected chi connectivity index (χ2v) is 4.80. The zero-order valence-electron chi connectivity index (χ0n) is 9.82. The molecule has 4 heteroatoms. The van der Waals surface area contributed by atoms with Gasteiger partial charge in [0.05, 0.1) is 25.3 Å². The van der Waals surface area contributed by atoms with Crippen molar-refractivity contribution in [3.05, 3.63) is 0 Å². The second-order valence-electron chi connectivity index (χ2n) is 4.80. The molecule has 88 valence electrons. The van der Waals surface area contributed by atoms with Crippen LogP contribution in [0.2, 0.25) is 0 Å². The number of aliphatic hydroxyl groups is 1. The molecule has 1 rings (SSSR count). The molecular formula is C11H21NO3. The van der Waals surface area contributed by atoms with E-state index in [0.717, 1.165) is 12.8 Å². The molecule has 1 N–H and O–H groups in total. The molecule has 0 aromatic heterocycles. The highest BCUT2D eigenvalue weighted by Gasteiger charge is 2.43. The molecule has 0 radical (unpaired) electrons. The van der Waals surface area contributed by atoms with Crippen molar-refractivity contribution in [3.63, 3.8) is 0 Å². The molecule has 0 spiro atoms. The van der Waals surface area contributed by atoms with Gasteiger partial charge < -0.3 is 14.7 Å². The van der Waals surface area contributed by atoms with Gasteiger partial charge in [-0.25, -0.2) is 4.79 Å². The fourth-order valence-corrected chi connectivity index (χ4v) is 1.75. The third kappa shape index (κ3) is 3.38. The van der Waals surface area contributed by atoms with E-state index in [9.17, 15) is 9.90 Å². The van der Waals surface area contributed by atoms with Crippen molar-refractivity contribution in [3.8, 4) is 0 Å². The summed E-state index contributed by atoms with van der Waals surface area (Å²) in [5.41, 5.74) is -0.661. The first-order chi connectivity index (χ1) is 6.97. The highest BCUT2D eigenvalue weighted by molar-refractivity contribution is 5.69. The van der Waals surface area contributed by atoms with E-state index in [2.05, 4.69) is 0 Å². The maximum atomic E-state index is 11.4. The van der Waals surface area contributed by atoms with Gasteiger partial charge in [-0.05, 0) is 12.3 Å². The van der Waals surface area contributed by atoms with Gasteiger partial charge in [0.15, 0.2) is 0 Å².